The minimum Gasteiger partial charge on any atom is -0.463 e. The fraction of sp³-hybridized carbons (Fsp3) is 0.667. The highest BCUT2D eigenvalue weighted by atomic mass is 16.5. The summed E-state index contributed by atoms with van der Waals surface area (Å²) >= 11 is 0. The average Bonchev–Trinajstić information content (AvgIpc) is 3.00. The predicted molar refractivity (Wildman–Crippen MR) is 82.2 cm³/mol. The first-order valence-electron chi connectivity index (χ1n) is 7.76. The lowest BCUT2D eigenvalue weighted by atomic mass is 9.85. The van der Waals surface area contributed by atoms with Gasteiger partial charge in [0.25, 0.3) is 0 Å². The van der Waals surface area contributed by atoms with Gasteiger partial charge in [0.2, 0.25) is 11.9 Å². The van der Waals surface area contributed by atoms with Crippen molar-refractivity contribution < 1.29 is 4.74 Å². The van der Waals surface area contributed by atoms with Crippen molar-refractivity contribution in [3.05, 3.63) is 12.2 Å². The number of hydrogen-bond donors (Lipinski definition) is 1. The van der Waals surface area contributed by atoms with Crippen molar-refractivity contribution in [1.82, 2.24) is 15.0 Å². The largest absolute Gasteiger partial charge is 0.463 e. The van der Waals surface area contributed by atoms with Gasteiger partial charge in [-0.25, -0.2) is 0 Å². The summed E-state index contributed by atoms with van der Waals surface area (Å²) in [5.74, 6) is 2.03. The van der Waals surface area contributed by atoms with Crippen LogP contribution in [0.15, 0.2) is 12.2 Å². The summed E-state index contributed by atoms with van der Waals surface area (Å²) in [6.07, 6.45) is 8.99. The van der Waals surface area contributed by atoms with E-state index in [1.165, 1.54) is 12.8 Å². The smallest absolute Gasteiger partial charge is 0.323 e. The van der Waals surface area contributed by atoms with E-state index < -0.39 is 0 Å². The van der Waals surface area contributed by atoms with E-state index in [-0.39, 0.29) is 5.95 Å². The van der Waals surface area contributed by atoms with Gasteiger partial charge < -0.3 is 15.4 Å². The molecule has 2 atom stereocenters. The number of rotatable bonds is 4. The van der Waals surface area contributed by atoms with Crippen LogP contribution >= 0.6 is 0 Å². The van der Waals surface area contributed by atoms with E-state index in [2.05, 4.69) is 38.9 Å². The van der Waals surface area contributed by atoms with E-state index in [1.807, 2.05) is 0 Å². The first-order valence-corrected chi connectivity index (χ1v) is 7.76. The molecule has 2 unspecified atom stereocenters. The summed E-state index contributed by atoms with van der Waals surface area (Å²) in [4.78, 5) is 14.9. The van der Waals surface area contributed by atoms with Gasteiger partial charge in [-0.2, -0.15) is 15.0 Å². The second kappa shape index (κ2) is 6.28. The van der Waals surface area contributed by atoms with Gasteiger partial charge >= 0.3 is 6.01 Å². The molecule has 2 N–H and O–H groups in total. The van der Waals surface area contributed by atoms with Gasteiger partial charge in [-0.1, -0.05) is 19.1 Å². The number of aromatic nitrogens is 3. The molecule has 114 valence electrons. The van der Waals surface area contributed by atoms with Crippen LogP contribution in [-0.4, -0.2) is 34.6 Å². The third-order valence-corrected chi connectivity index (χ3v) is 4.35. The Morgan fingerprint density at radius 3 is 2.71 bits per heavy atom. The molecule has 2 aliphatic rings. The van der Waals surface area contributed by atoms with Gasteiger partial charge in [0.1, 0.15) is 0 Å². The lowest BCUT2D eigenvalue weighted by Crippen LogP contribution is -2.24. The average molecular weight is 289 g/mol. The van der Waals surface area contributed by atoms with E-state index in [4.69, 9.17) is 10.5 Å². The molecule has 3 rings (SSSR count). The minimum absolute atomic E-state index is 0.235. The summed E-state index contributed by atoms with van der Waals surface area (Å²) in [6, 6.07) is 0.353. The van der Waals surface area contributed by atoms with Crippen LogP contribution in [-0.2, 0) is 0 Å². The third-order valence-electron chi connectivity index (χ3n) is 4.35. The quantitative estimate of drug-likeness (QED) is 0.855. The number of allylic oxidation sites excluding steroid dienone is 2. The van der Waals surface area contributed by atoms with Crippen LogP contribution in [0.25, 0.3) is 0 Å². The number of anilines is 2. The van der Waals surface area contributed by atoms with Gasteiger partial charge in [0.15, 0.2) is 0 Å². The van der Waals surface area contributed by atoms with E-state index >= 15 is 0 Å². The number of nitrogen functional groups attached to an aromatic ring is 1. The number of ether oxygens (including phenoxy) is 1. The Labute approximate surface area is 125 Å². The fourth-order valence-corrected chi connectivity index (χ4v) is 2.90. The Bertz CT molecular complexity index is 513. The summed E-state index contributed by atoms with van der Waals surface area (Å²) in [7, 11) is 0. The van der Waals surface area contributed by atoms with Crippen LogP contribution in [0.2, 0.25) is 0 Å². The molecule has 21 heavy (non-hydrogen) atoms. The van der Waals surface area contributed by atoms with Gasteiger partial charge in [0.05, 0.1) is 6.61 Å². The summed E-state index contributed by atoms with van der Waals surface area (Å²) < 4.78 is 5.79. The Morgan fingerprint density at radius 2 is 1.95 bits per heavy atom. The van der Waals surface area contributed by atoms with Crippen LogP contribution in [0.3, 0.4) is 0 Å². The molecule has 1 saturated heterocycles. The monoisotopic (exact) mass is 289 g/mol. The zero-order valence-electron chi connectivity index (χ0n) is 12.5. The molecular formula is C15H23N5O. The predicted octanol–water partition coefficient (Wildman–Crippen LogP) is 2.04. The van der Waals surface area contributed by atoms with Crippen molar-refractivity contribution in [1.29, 1.82) is 0 Å². The summed E-state index contributed by atoms with van der Waals surface area (Å²) in [5, 5.41) is 0. The Kier molecular flexibility index (Phi) is 4.22. The lowest BCUT2D eigenvalue weighted by molar-refractivity contribution is 0.186. The first-order chi connectivity index (χ1) is 10.2. The first kappa shape index (κ1) is 14.1. The van der Waals surface area contributed by atoms with E-state index in [0.717, 1.165) is 25.9 Å². The molecule has 1 aromatic rings. The maximum atomic E-state index is 5.79. The van der Waals surface area contributed by atoms with Crippen LogP contribution in [0.1, 0.15) is 32.6 Å². The molecule has 0 radical (unpaired) electrons. The molecule has 0 saturated carbocycles. The van der Waals surface area contributed by atoms with E-state index in [1.54, 1.807) is 0 Å². The lowest BCUT2D eigenvalue weighted by Gasteiger charge is -2.24. The van der Waals surface area contributed by atoms with Crippen LogP contribution in [0, 0.1) is 11.8 Å². The molecule has 0 amide bonds. The van der Waals surface area contributed by atoms with Gasteiger partial charge in [-0.3, -0.25) is 0 Å². The fourth-order valence-electron chi connectivity index (χ4n) is 2.90. The van der Waals surface area contributed by atoms with Crippen molar-refractivity contribution in [2.45, 2.75) is 32.6 Å². The number of nitrogens with zero attached hydrogens (tertiary/aromatic N) is 4. The second-order valence-corrected chi connectivity index (χ2v) is 5.96. The highest BCUT2D eigenvalue weighted by molar-refractivity contribution is 5.36. The maximum Gasteiger partial charge on any atom is 0.323 e. The highest BCUT2D eigenvalue weighted by Crippen LogP contribution is 2.26. The van der Waals surface area contributed by atoms with Crippen LogP contribution < -0.4 is 15.4 Å². The zero-order valence-corrected chi connectivity index (χ0v) is 12.5. The topological polar surface area (TPSA) is 77.2 Å². The van der Waals surface area contributed by atoms with Gasteiger partial charge in [-0.05, 0) is 37.5 Å². The van der Waals surface area contributed by atoms with E-state index in [9.17, 15) is 0 Å². The zero-order chi connectivity index (χ0) is 14.7. The molecule has 0 bridgehead atoms. The van der Waals surface area contributed by atoms with Crippen LogP contribution in [0.4, 0.5) is 11.9 Å². The molecular weight excluding hydrogens is 266 g/mol. The summed E-state index contributed by atoms with van der Waals surface area (Å²) in [5.41, 5.74) is 5.78. The molecule has 0 spiro atoms. The number of nitrogens with two attached hydrogens (primary N) is 1. The SMILES string of the molecule is CC1CC=CCC1COc1nc(N)nc(N2CCCC2)n1. The van der Waals surface area contributed by atoms with Crippen LogP contribution in [0.5, 0.6) is 6.01 Å². The second-order valence-electron chi connectivity index (χ2n) is 5.96. The molecule has 1 aliphatic heterocycles. The Morgan fingerprint density at radius 1 is 1.19 bits per heavy atom. The summed E-state index contributed by atoms with van der Waals surface area (Å²) in [6.45, 7) is 4.85. The molecule has 6 heteroatoms. The Hall–Kier alpha value is -1.85. The number of hydrogen-bond acceptors (Lipinski definition) is 6. The van der Waals surface area contributed by atoms with Crippen molar-refractivity contribution in [3.63, 3.8) is 0 Å². The van der Waals surface area contributed by atoms with Crippen molar-refractivity contribution in [2.75, 3.05) is 30.3 Å². The van der Waals surface area contributed by atoms with Crippen molar-refractivity contribution in [2.24, 2.45) is 11.8 Å². The standard InChI is InChI=1S/C15H23N5O/c1-11-6-2-3-7-12(11)10-21-15-18-13(16)17-14(19-15)20-8-4-5-9-20/h2-3,11-12H,4-10H2,1H3,(H2,16,17,18,19). The Balaban J connectivity index is 1.66. The highest BCUT2D eigenvalue weighted by Gasteiger charge is 2.21. The van der Waals surface area contributed by atoms with Gasteiger partial charge in [0, 0.05) is 13.1 Å². The normalized spacial score (nSPS) is 25.3. The molecule has 6 nitrogen and oxygen atoms in total. The maximum absolute atomic E-state index is 5.79. The molecule has 1 fully saturated rings. The molecule has 0 aromatic carbocycles. The third kappa shape index (κ3) is 3.43. The van der Waals surface area contributed by atoms with Crippen molar-refractivity contribution in [3.8, 4) is 6.01 Å². The van der Waals surface area contributed by atoms with Gasteiger partial charge in [-0.15, -0.1) is 0 Å². The molecule has 1 aliphatic carbocycles. The molecule has 2 heterocycles. The van der Waals surface area contributed by atoms with Crippen molar-refractivity contribution >= 4 is 11.9 Å². The van der Waals surface area contributed by atoms with E-state index in [0.29, 0.717) is 30.4 Å². The minimum atomic E-state index is 0.235. The molecule has 1 aromatic heterocycles.